The minimum Gasteiger partial charge on any atom is -0.402 e. The van der Waals surface area contributed by atoms with Crippen LogP contribution in [0.5, 0.6) is 0 Å². The van der Waals surface area contributed by atoms with Crippen LogP contribution in [0.4, 0.5) is 4.39 Å². The van der Waals surface area contributed by atoms with Crippen LogP contribution in [0.15, 0.2) is 36.3 Å². The van der Waals surface area contributed by atoms with Crippen molar-refractivity contribution < 1.29 is 4.39 Å². The van der Waals surface area contributed by atoms with Gasteiger partial charge in [-0.3, -0.25) is 0 Å². The maximum absolute atomic E-state index is 12.2. The van der Waals surface area contributed by atoms with Crippen molar-refractivity contribution in [3.8, 4) is 0 Å². The van der Waals surface area contributed by atoms with Gasteiger partial charge in [-0.15, -0.1) is 0 Å². The Morgan fingerprint density at radius 3 is 2.56 bits per heavy atom. The Morgan fingerprint density at radius 2 is 2.22 bits per heavy atom. The van der Waals surface area contributed by atoms with Crippen molar-refractivity contribution in [2.24, 2.45) is 5.73 Å². The molecule has 0 unspecified atom stereocenters. The summed E-state index contributed by atoms with van der Waals surface area (Å²) < 4.78 is 12.2. The van der Waals surface area contributed by atoms with Gasteiger partial charge in [0, 0.05) is 6.20 Å². The highest BCUT2D eigenvalue weighted by atomic mass is 19.1. The third kappa shape index (κ3) is 3.53. The molecule has 9 heavy (non-hydrogen) atoms. The van der Waals surface area contributed by atoms with Gasteiger partial charge < -0.3 is 5.73 Å². The summed E-state index contributed by atoms with van der Waals surface area (Å²) in [5.41, 5.74) is 5.62. The molecule has 0 spiro atoms. The standard InChI is InChI=1S/C7H10FN/c1-3-6(2)4-7(8)5-9/h3-5H,1,9H2,2H3/b6-4-,7-5+. The van der Waals surface area contributed by atoms with Crippen LogP contribution in [0.1, 0.15) is 6.92 Å². The Morgan fingerprint density at radius 1 is 1.67 bits per heavy atom. The van der Waals surface area contributed by atoms with Crippen molar-refractivity contribution in [1.29, 1.82) is 0 Å². The molecule has 0 aromatic carbocycles. The largest absolute Gasteiger partial charge is 0.402 e. The molecule has 2 N–H and O–H groups in total. The third-order valence-corrected chi connectivity index (χ3v) is 0.847. The van der Waals surface area contributed by atoms with Crippen molar-refractivity contribution in [2.75, 3.05) is 0 Å². The number of rotatable bonds is 2. The molecule has 2 heteroatoms. The molecule has 0 heterocycles. The summed E-state index contributed by atoms with van der Waals surface area (Å²) in [5.74, 6) is -0.438. The Balaban J connectivity index is 4.11. The third-order valence-electron chi connectivity index (χ3n) is 0.847. The Bertz CT molecular complexity index is 156. The van der Waals surface area contributed by atoms with Crippen molar-refractivity contribution in [1.82, 2.24) is 0 Å². The van der Waals surface area contributed by atoms with Crippen LogP contribution in [-0.2, 0) is 0 Å². The summed E-state index contributed by atoms with van der Waals surface area (Å²) in [7, 11) is 0. The SMILES string of the molecule is C=C/C(C)=C\C(F)=C/N. The van der Waals surface area contributed by atoms with Gasteiger partial charge in [-0.05, 0) is 18.6 Å². The molecule has 0 aliphatic rings. The van der Waals surface area contributed by atoms with Gasteiger partial charge in [0.15, 0.2) is 0 Å². The molecule has 0 aromatic heterocycles. The van der Waals surface area contributed by atoms with Crippen LogP contribution in [0.3, 0.4) is 0 Å². The van der Waals surface area contributed by atoms with E-state index >= 15 is 0 Å². The number of halogens is 1. The summed E-state index contributed by atoms with van der Waals surface area (Å²) in [4.78, 5) is 0. The molecule has 0 aromatic rings. The lowest BCUT2D eigenvalue weighted by atomic mass is 10.3. The van der Waals surface area contributed by atoms with Crippen molar-refractivity contribution >= 4 is 0 Å². The highest BCUT2D eigenvalue weighted by molar-refractivity contribution is 5.22. The topological polar surface area (TPSA) is 26.0 Å². The maximum Gasteiger partial charge on any atom is 0.138 e. The second kappa shape index (κ2) is 3.89. The van der Waals surface area contributed by atoms with Crippen LogP contribution < -0.4 is 5.73 Å². The first-order chi connectivity index (χ1) is 4.20. The van der Waals surface area contributed by atoms with E-state index in [9.17, 15) is 4.39 Å². The highest BCUT2D eigenvalue weighted by Crippen LogP contribution is 2.01. The monoisotopic (exact) mass is 127 g/mol. The van der Waals surface area contributed by atoms with E-state index in [0.29, 0.717) is 0 Å². The van der Waals surface area contributed by atoms with Crippen LogP contribution in [0, 0.1) is 0 Å². The van der Waals surface area contributed by atoms with Gasteiger partial charge in [0.25, 0.3) is 0 Å². The molecule has 0 saturated heterocycles. The van der Waals surface area contributed by atoms with Gasteiger partial charge in [-0.25, -0.2) is 4.39 Å². The molecule has 1 nitrogen and oxygen atoms in total. The van der Waals surface area contributed by atoms with E-state index in [2.05, 4.69) is 6.58 Å². The number of hydrogen-bond acceptors (Lipinski definition) is 1. The molecule has 50 valence electrons. The average Bonchev–Trinajstić information content (AvgIpc) is 1.87. The van der Waals surface area contributed by atoms with E-state index in [4.69, 9.17) is 5.73 Å². The van der Waals surface area contributed by atoms with Gasteiger partial charge in [0.05, 0.1) is 0 Å². The Labute approximate surface area is 54.4 Å². The van der Waals surface area contributed by atoms with Crippen LogP contribution in [0.25, 0.3) is 0 Å². The van der Waals surface area contributed by atoms with Crippen molar-refractivity contribution in [3.63, 3.8) is 0 Å². The summed E-state index contributed by atoms with van der Waals surface area (Å²) in [5, 5.41) is 0. The van der Waals surface area contributed by atoms with Gasteiger partial charge >= 0.3 is 0 Å². The molecule has 0 bridgehead atoms. The van der Waals surface area contributed by atoms with E-state index in [-0.39, 0.29) is 0 Å². The number of nitrogens with two attached hydrogens (primary N) is 1. The van der Waals surface area contributed by atoms with E-state index in [0.717, 1.165) is 11.8 Å². The number of allylic oxidation sites excluding steroid dienone is 4. The minimum absolute atomic E-state index is 0.438. The van der Waals surface area contributed by atoms with Gasteiger partial charge in [-0.1, -0.05) is 12.7 Å². The van der Waals surface area contributed by atoms with Gasteiger partial charge in [0.2, 0.25) is 0 Å². The smallest absolute Gasteiger partial charge is 0.138 e. The Kier molecular flexibility index (Phi) is 3.44. The fraction of sp³-hybridized carbons (Fsp3) is 0.143. The zero-order valence-corrected chi connectivity index (χ0v) is 5.39. The first kappa shape index (κ1) is 7.95. The molecule has 0 aliphatic carbocycles. The minimum atomic E-state index is -0.438. The molecule has 0 aliphatic heterocycles. The fourth-order valence-corrected chi connectivity index (χ4v) is 0.325. The first-order valence-corrected chi connectivity index (χ1v) is 2.59. The summed E-state index contributed by atoms with van der Waals surface area (Å²) in [6, 6.07) is 0. The average molecular weight is 127 g/mol. The fourth-order valence-electron chi connectivity index (χ4n) is 0.325. The zero-order chi connectivity index (χ0) is 7.28. The molecule has 0 radical (unpaired) electrons. The molecular weight excluding hydrogens is 117 g/mol. The lowest BCUT2D eigenvalue weighted by Crippen LogP contribution is -1.79. The van der Waals surface area contributed by atoms with E-state index in [1.165, 1.54) is 6.08 Å². The van der Waals surface area contributed by atoms with Crippen molar-refractivity contribution in [3.05, 3.63) is 36.3 Å². The lowest BCUT2D eigenvalue weighted by molar-refractivity contribution is 0.662. The Hall–Kier alpha value is -1.05. The summed E-state index contributed by atoms with van der Waals surface area (Å²) in [6.07, 6.45) is 3.78. The predicted molar refractivity (Wildman–Crippen MR) is 37.3 cm³/mol. The molecular formula is C7H10FN. The maximum atomic E-state index is 12.2. The summed E-state index contributed by atoms with van der Waals surface area (Å²) in [6.45, 7) is 5.19. The quantitative estimate of drug-likeness (QED) is 0.563. The van der Waals surface area contributed by atoms with Crippen LogP contribution in [-0.4, -0.2) is 0 Å². The van der Waals surface area contributed by atoms with E-state index in [1.54, 1.807) is 13.0 Å². The van der Waals surface area contributed by atoms with E-state index in [1.807, 2.05) is 0 Å². The second-order valence-corrected chi connectivity index (χ2v) is 1.64. The second-order valence-electron chi connectivity index (χ2n) is 1.64. The van der Waals surface area contributed by atoms with E-state index < -0.39 is 5.83 Å². The normalized spacial score (nSPS) is 13.6. The van der Waals surface area contributed by atoms with Gasteiger partial charge in [-0.2, -0.15) is 0 Å². The summed E-state index contributed by atoms with van der Waals surface area (Å²) >= 11 is 0. The zero-order valence-electron chi connectivity index (χ0n) is 5.39. The lowest BCUT2D eigenvalue weighted by Gasteiger charge is -1.86. The molecule has 0 fully saturated rings. The van der Waals surface area contributed by atoms with Crippen LogP contribution >= 0.6 is 0 Å². The van der Waals surface area contributed by atoms with Crippen LogP contribution in [0.2, 0.25) is 0 Å². The first-order valence-electron chi connectivity index (χ1n) is 2.59. The number of hydrogen-bond donors (Lipinski definition) is 1. The molecule has 0 amide bonds. The molecule has 0 atom stereocenters. The van der Waals surface area contributed by atoms with Crippen molar-refractivity contribution in [2.45, 2.75) is 6.92 Å². The van der Waals surface area contributed by atoms with Gasteiger partial charge in [0.1, 0.15) is 5.83 Å². The molecule has 0 saturated carbocycles. The predicted octanol–water partition coefficient (Wildman–Crippen LogP) is 1.89. The molecule has 0 rings (SSSR count). The highest BCUT2D eigenvalue weighted by Gasteiger charge is 1.84.